The molecule has 2 aromatic carbocycles. The Morgan fingerprint density at radius 3 is 2.78 bits per heavy atom. The van der Waals surface area contributed by atoms with Crippen LogP contribution < -0.4 is 5.32 Å². The lowest BCUT2D eigenvalue weighted by Gasteiger charge is -2.26. The van der Waals surface area contributed by atoms with Crippen LogP contribution >= 0.6 is 22.9 Å². The second-order valence-corrected chi connectivity index (χ2v) is 7.29. The second kappa shape index (κ2) is 5.99. The molecule has 116 valence electrons. The Labute approximate surface area is 144 Å². The van der Waals surface area contributed by atoms with Crippen molar-refractivity contribution in [1.29, 1.82) is 0 Å². The van der Waals surface area contributed by atoms with Crippen molar-refractivity contribution in [2.24, 2.45) is 0 Å². The molecule has 0 aliphatic heterocycles. The van der Waals surface area contributed by atoms with Crippen molar-refractivity contribution < 1.29 is 4.79 Å². The van der Waals surface area contributed by atoms with Crippen molar-refractivity contribution in [3.05, 3.63) is 69.6 Å². The van der Waals surface area contributed by atoms with Crippen molar-refractivity contribution in [3.8, 4) is 0 Å². The van der Waals surface area contributed by atoms with Crippen molar-refractivity contribution >= 4 is 38.9 Å². The molecule has 1 heterocycles. The minimum absolute atomic E-state index is 0.0714. The summed E-state index contributed by atoms with van der Waals surface area (Å²) in [6.07, 6.45) is 3.17. The summed E-state index contributed by atoms with van der Waals surface area (Å²) in [5.74, 6) is -0.0714. The summed E-state index contributed by atoms with van der Waals surface area (Å²) in [5.41, 5.74) is 2.58. The zero-order valence-corrected chi connectivity index (χ0v) is 14.1. The van der Waals surface area contributed by atoms with Crippen LogP contribution in [0.2, 0.25) is 5.02 Å². The van der Waals surface area contributed by atoms with Gasteiger partial charge in [-0.1, -0.05) is 54.1 Å². The van der Waals surface area contributed by atoms with Gasteiger partial charge in [0, 0.05) is 10.1 Å². The molecule has 0 fully saturated rings. The lowest BCUT2D eigenvalue weighted by Crippen LogP contribution is -2.30. The van der Waals surface area contributed by atoms with E-state index in [0.29, 0.717) is 9.90 Å². The van der Waals surface area contributed by atoms with E-state index in [1.807, 2.05) is 30.3 Å². The summed E-state index contributed by atoms with van der Waals surface area (Å²) in [7, 11) is 0. The van der Waals surface area contributed by atoms with Gasteiger partial charge in [0.1, 0.15) is 4.88 Å². The molecule has 2 nitrogen and oxygen atoms in total. The number of benzene rings is 2. The minimum Gasteiger partial charge on any atom is -0.344 e. The second-order valence-electron chi connectivity index (χ2n) is 5.86. The van der Waals surface area contributed by atoms with Crippen LogP contribution in [0.3, 0.4) is 0 Å². The van der Waals surface area contributed by atoms with Gasteiger partial charge in [0.2, 0.25) is 0 Å². The van der Waals surface area contributed by atoms with Gasteiger partial charge in [0.25, 0.3) is 5.91 Å². The number of halogens is 1. The number of carbonyl (C=O) groups is 1. The molecular weight excluding hydrogens is 326 g/mol. The Morgan fingerprint density at radius 1 is 1.13 bits per heavy atom. The van der Waals surface area contributed by atoms with Crippen LogP contribution in [0.5, 0.6) is 0 Å². The predicted molar refractivity (Wildman–Crippen MR) is 96.4 cm³/mol. The summed E-state index contributed by atoms with van der Waals surface area (Å²) in [6, 6.07) is 16.3. The highest BCUT2D eigenvalue weighted by Gasteiger charge is 2.24. The molecule has 1 atom stereocenters. The van der Waals surface area contributed by atoms with Gasteiger partial charge in [-0.2, -0.15) is 0 Å². The first kappa shape index (κ1) is 14.7. The number of rotatable bonds is 2. The number of aryl methyl sites for hydroxylation is 1. The number of amides is 1. The molecule has 0 bridgehead atoms. The molecule has 0 saturated carbocycles. The summed E-state index contributed by atoms with van der Waals surface area (Å²) >= 11 is 7.88. The molecule has 1 N–H and O–H groups in total. The number of nitrogens with one attached hydrogen (secondary N) is 1. The van der Waals surface area contributed by atoms with Crippen LogP contribution in [-0.2, 0) is 6.42 Å². The van der Waals surface area contributed by atoms with Gasteiger partial charge < -0.3 is 5.32 Å². The highest BCUT2D eigenvalue weighted by molar-refractivity contribution is 7.21. The number of hydrogen-bond acceptors (Lipinski definition) is 2. The SMILES string of the molecule is O=C(N[C@@H]1CCCc2ccccc21)c1sc2ccccc2c1Cl. The first-order chi connectivity index (χ1) is 11.2. The zero-order valence-electron chi connectivity index (χ0n) is 12.5. The predicted octanol–water partition coefficient (Wildman–Crippen LogP) is 5.36. The minimum atomic E-state index is -0.0714. The monoisotopic (exact) mass is 341 g/mol. The maximum atomic E-state index is 12.7. The number of hydrogen-bond donors (Lipinski definition) is 1. The molecule has 23 heavy (non-hydrogen) atoms. The molecule has 4 rings (SSSR count). The van der Waals surface area contributed by atoms with Gasteiger partial charge >= 0.3 is 0 Å². The molecule has 0 saturated heterocycles. The zero-order chi connectivity index (χ0) is 15.8. The fourth-order valence-corrected chi connectivity index (χ4v) is 4.71. The van der Waals surface area contributed by atoms with Gasteiger partial charge in [-0.15, -0.1) is 11.3 Å². The highest BCUT2D eigenvalue weighted by Crippen LogP contribution is 2.36. The van der Waals surface area contributed by atoms with Crippen molar-refractivity contribution in [3.63, 3.8) is 0 Å². The fourth-order valence-electron chi connectivity index (χ4n) is 3.29. The molecule has 0 radical (unpaired) electrons. The Balaban J connectivity index is 1.64. The third kappa shape index (κ3) is 2.64. The molecule has 1 amide bonds. The fraction of sp³-hybridized carbons (Fsp3) is 0.211. The Morgan fingerprint density at radius 2 is 1.91 bits per heavy atom. The van der Waals surface area contributed by atoms with Crippen molar-refractivity contribution in [2.45, 2.75) is 25.3 Å². The summed E-state index contributed by atoms with van der Waals surface area (Å²) in [4.78, 5) is 13.3. The van der Waals surface area contributed by atoms with E-state index in [-0.39, 0.29) is 11.9 Å². The van der Waals surface area contributed by atoms with Crippen LogP contribution in [0.25, 0.3) is 10.1 Å². The van der Waals surface area contributed by atoms with Gasteiger partial charge in [-0.05, 0) is 36.5 Å². The van der Waals surface area contributed by atoms with E-state index in [1.165, 1.54) is 22.5 Å². The molecule has 1 aromatic heterocycles. The first-order valence-electron chi connectivity index (χ1n) is 7.80. The lowest BCUT2D eigenvalue weighted by atomic mass is 9.88. The summed E-state index contributed by atoms with van der Waals surface area (Å²) in [5, 5.41) is 4.69. The normalized spacial score (nSPS) is 17.0. The van der Waals surface area contributed by atoms with E-state index in [1.54, 1.807) is 0 Å². The van der Waals surface area contributed by atoms with Crippen LogP contribution in [0.15, 0.2) is 48.5 Å². The average Bonchev–Trinajstić information content (AvgIpc) is 2.93. The molecule has 4 heteroatoms. The van der Waals surface area contributed by atoms with Crippen LogP contribution in [0.1, 0.15) is 39.7 Å². The number of thiophene rings is 1. The first-order valence-corrected chi connectivity index (χ1v) is 8.99. The molecule has 1 aliphatic carbocycles. The lowest BCUT2D eigenvalue weighted by molar-refractivity contribution is 0.0937. The maximum Gasteiger partial charge on any atom is 0.263 e. The highest BCUT2D eigenvalue weighted by atomic mass is 35.5. The molecule has 0 spiro atoms. The van der Waals surface area contributed by atoms with Crippen molar-refractivity contribution in [2.75, 3.05) is 0 Å². The molecule has 3 aromatic rings. The Kier molecular flexibility index (Phi) is 3.83. The van der Waals surface area contributed by atoms with Crippen LogP contribution in [0, 0.1) is 0 Å². The number of carbonyl (C=O) groups excluding carboxylic acids is 1. The van der Waals surface area contributed by atoms with E-state index in [2.05, 4.69) is 23.5 Å². The Hall–Kier alpha value is -1.84. The van der Waals surface area contributed by atoms with E-state index in [4.69, 9.17) is 11.6 Å². The van der Waals surface area contributed by atoms with Gasteiger partial charge in [0.05, 0.1) is 11.1 Å². The standard InChI is InChI=1S/C19H16ClNOS/c20-17-14-9-3-4-11-16(14)23-18(17)19(22)21-15-10-5-7-12-6-1-2-8-13(12)15/h1-4,6,8-9,11,15H,5,7,10H2,(H,21,22)/t15-/m1/s1. The van der Waals surface area contributed by atoms with E-state index in [0.717, 1.165) is 29.3 Å². The summed E-state index contributed by atoms with van der Waals surface area (Å²) in [6.45, 7) is 0. The third-order valence-electron chi connectivity index (χ3n) is 4.42. The van der Waals surface area contributed by atoms with E-state index >= 15 is 0 Å². The van der Waals surface area contributed by atoms with Gasteiger partial charge in [0.15, 0.2) is 0 Å². The van der Waals surface area contributed by atoms with Crippen LogP contribution in [0.4, 0.5) is 0 Å². The quantitative estimate of drug-likeness (QED) is 0.667. The number of fused-ring (bicyclic) bond motifs is 2. The maximum absolute atomic E-state index is 12.7. The largest absolute Gasteiger partial charge is 0.344 e. The molecular formula is C19H16ClNOS. The van der Waals surface area contributed by atoms with Gasteiger partial charge in [-0.25, -0.2) is 0 Å². The molecule has 0 unspecified atom stereocenters. The van der Waals surface area contributed by atoms with Crippen molar-refractivity contribution in [1.82, 2.24) is 5.32 Å². The molecule has 1 aliphatic rings. The van der Waals surface area contributed by atoms with Gasteiger partial charge in [-0.3, -0.25) is 4.79 Å². The third-order valence-corrected chi connectivity index (χ3v) is 6.09. The average molecular weight is 342 g/mol. The van der Waals surface area contributed by atoms with E-state index < -0.39 is 0 Å². The van der Waals surface area contributed by atoms with E-state index in [9.17, 15) is 4.79 Å². The topological polar surface area (TPSA) is 29.1 Å². The Bertz CT molecular complexity index is 886. The smallest absolute Gasteiger partial charge is 0.263 e. The summed E-state index contributed by atoms with van der Waals surface area (Å²) < 4.78 is 1.05. The van der Waals surface area contributed by atoms with Crippen LogP contribution in [-0.4, -0.2) is 5.91 Å².